The number of phenols is 1. The molecule has 4 heterocycles. The number of methoxy groups -OCH3 is 1. The smallest absolute Gasteiger partial charge is 0.261 e. The Bertz CT molecular complexity index is 1210. The molecule has 3 aliphatic rings. The molecule has 1 aromatic carbocycles. The number of amides is 1. The quantitative estimate of drug-likeness (QED) is 0.570. The van der Waals surface area contributed by atoms with Crippen LogP contribution in [0.4, 0.5) is 10.2 Å². The number of carbonyl (C=O) groups is 1. The second kappa shape index (κ2) is 10.5. The van der Waals surface area contributed by atoms with E-state index in [1.54, 1.807) is 7.11 Å². The number of ether oxygens (including phenoxy) is 2. The second-order valence-corrected chi connectivity index (χ2v) is 11.2. The number of likely N-dealkylation sites (N-methyl/N-ethyl adjacent to an activating group) is 1. The number of nitrogens with one attached hydrogen (secondary N) is 1. The molecule has 1 unspecified atom stereocenters. The van der Waals surface area contributed by atoms with Crippen molar-refractivity contribution in [3.63, 3.8) is 0 Å². The van der Waals surface area contributed by atoms with E-state index >= 15 is 4.39 Å². The highest BCUT2D eigenvalue weighted by Crippen LogP contribution is 2.48. The average molecular weight is 548 g/mol. The fourth-order valence-electron chi connectivity index (χ4n) is 5.76. The van der Waals surface area contributed by atoms with Crippen LogP contribution in [0.2, 0.25) is 5.02 Å². The minimum Gasteiger partial charge on any atom is -0.507 e. The fraction of sp³-hybridized carbons (Fsp3) is 0.556. The van der Waals surface area contributed by atoms with Crippen LogP contribution in [0.15, 0.2) is 18.2 Å². The lowest BCUT2D eigenvalue weighted by molar-refractivity contribution is 0.0606. The number of nitrogens with zero attached hydrogens (tertiary/aromatic N) is 4. The van der Waals surface area contributed by atoms with Gasteiger partial charge in [0.2, 0.25) is 0 Å². The van der Waals surface area contributed by atoms with Gasteiger partial charge in [0.1, 0.15) is 40.3 Å². The number of aromatic hydroxyl groups is 1. The minimum absolute atomic E-state index is 0.0103. The van der Waals surface area contributed by atoms with Gasteiger partial charge in [0.15, 0.2) is 5.75 Å². The summed E-state index contributed by atoms with van der Waals surface area (Å²) in [5.41, 5.74) is -0.169. The maximum atomic E-state index is 15.1. The van der Waals surface area contributed by atoms with Crippen molar-refractivity contribution in [1.82, 2.24) is 20.1 Å². The Morgan fingerprint density at radius 3 is 2.89 bits per heavy atom. The Kier molecular flexibility index (Phi) is 7.43. The third-order valence-corrected chi connectivity index (χ3v) is 8.29. The van der Waals surface area contributed by atoms with Gasteiger partial charge in [0.25, 0.3) is 5.91 Å². The highest BCUT2D eigenvalue weighted by Gasteiger charge is 2.45. The summed E-state index contributed by atoms with van der Waals surface area (Å²) in [6, 6.07) is 4.06. The van der Waals surface area contributed by atoms with Crippen molar-refractivity contribution in [2.45, 2.75) is 37.9 Å². The molecule has 0 spiro atoms. The van der Waals surface area contributed by atoms with E-state index in [1.165, 1.54) is 18.2 Å². The van der Waals surface area contributed by atoms with Crippen molar-refractivity contribution in [1.29, 1.82) is 0 Å². The third kappa shape index (κ3) is 4.68. The monoisotopic (exact) mass is 547 g/mol. The molecule has 1 aromatic heterocycles. The van der Waals surface area contributed by atoms with Gasteiger partial charge in [0, 0.05) is 51.4 Å². The van der Waals surface area contributed by atoms with Crippen LogP contribution in [0.3, 0.4) is 0 Å². The van der Waals surface area contributed by atoms with Gasteiger partial charge in [-0.25, -0.2) is 9.37 Å². The first-order valence-corrected chi connectivity index (χ1v) is 13.3. The van der Waals surface area contributed by atoms with Gasteiger partial charge in [-0.05, 0) is 39.4 Å². The largest absolute Gasteiger partial charge is 0.507 e. The van der Waals surface area contributed by atoms with Crippen molar-refractivity contribution in [3.8, 4) is 22.8 Å². The fourth-order valence-corrected chi connectivity index (χ4v) is 6.05. The number of halogens is 2. The highest BCUT2D eigenvalue weighted by molar-refractivity contribution is 6.35. The number of rotatable bonds is 6. The van der Waals surface area contributed by atoms with Crippen LogP contribution in [0, 0.1) is 5.82 Å². The van der Waals surface area contributed by atoms with E-state index in [2.05, 4.69) is 36.0 Å². The molecular weight excluding hydrogens is 513 g/mol. The summed E-state index contributed by atoms with van der Waals surface area (Å²) >= 11 is 6.83. The van der Waals surface area contributed by atoms with Crippen molar-refractivity contribution < 1.29 is 23.8 Å². The molecule has 5 rings (SSSR count). The van der Waals surface area contributed by atoms with Crippen LogP contribution < -0.4 is 15.0 Å². The summed E-state index contributed by atoms with van der Waals surface area (Å²) in [7, 11) is 3.74. The molecular formula is C27H35ClFN5O4. The number of aromatic nitrogens is 1. The molecule has 3 aliphatic heterocycles. The van der Waals surface area contributed by atoms with Crippen LogP contribution in [0.1, 0.15) is 30.6 Å². The lowest BCUT2D eigenvalue weighted by Crippen LogP contribution is -2.55. The van der Waals surface area contributed by atoms with Crippen LogP contribution >= 0.6 is 11.6 Å². The topological polar surface area (TPSA) is 90.4 Å². The maximum absolute atomic E-state index is 15.1. The SMILES string of the molecule is COCCN(C)C1CN(c2nc(-c3c(O)cccc3F)c(Cl)c3c2C(=O)N2CCNC[C@@H]2CO3)C(C)(C)C1. The molecule has 206 valence electrons. The Morgan fingerprint density at radius 2 is 2.16 bits per heavy atom. The summed E-state index contributed by atoms with van der Waals surface area (Å²) in [5.74, 6) is -0.585. The van der Waals surface area contributed by atoms with Gasteiger partial charge in [0.05, 0.1) is 18.2 Å². The van der Waals surface area contributed by atoms with Crippen molar-refractivity contribution in [2.24, 2.45) is 0 Å². The van der Waals surface area contributed by atoms with Crippen LogP contribution in [0.5, 0.6) is 11.5 Å². The normalized spacial score (nSPS) is 22.8. The number of fused-ring (bicyclic) bond motifs is 2. The summed E-state index contributed by atoms with van der Waals surface area (Å²) < 4.78 is 26.6. The Labute approximate surface area is 227 Å². The number of hydrogen-bond donors (Lipinski definition) is 2. The van der Waals surface area contributed by atoms with E-state index in [9.17, 15) is 9.90 Å². The molecule has 1 amide bonds. The van der Waals surface area contributed by atoms with Crippen LogP contribution in [-0.2, 0) is 4.74 Å². The van der Waals surface area contributed by atoms with E-state index < -0.39 is 5.82 Å². The third-order valence-electron chi connectivity index (χ3n) is 7.94. The number of benzene rings is 1. The number of phenolic OH excluding ortho intramolecular Hbond substituents is 1. The standard InChI is InChI=1S/C27H35ClFN5O4/c1-27(2)12-16(32(3)10-11-37-4)14-34(27)25-21-24(38-15-17-13-30-8-9-33(17)26(21)36)22(28)23(31-25)20-18(29)6-5-7-19(20)35/h5-7,16-17,30,35H,8-15H2,1-4H3/t16?,17-/m1/s1. The molecule has 11 heteroatoms. The molecule has 0 radical (unpaired) electrons. The van der Waals surface area contributed by atoms with Crippen molar-refractivity contribution in [3.05, 3.63) is 34.6 Å². The Morgan fingerprint density at radius 1 is 1.37 bits per heavy atom. The molecule has 2 saturated heterocycles. The first-order chi connectivity index (χ1) is 18.1. The van der Waals surface area contributed by atoms with Crippen molar-refractivity contribution >= 4 is 23.3 Å². The number of piperazine rings is 1. The van der Waals surface area contributed by atoms with Crippen molar-refractivity contribution in [2.75, 3.05) is 65.0 Å². The summed E-state index contributed by atoms with van der Waals surface area (Å²) in [4.78, 5) is 25.1. The first kappa shape index (κ1) is 26.9. The zero-order valence-corrected chi connectivity index (χ0v) is 23.0. The van der Waals surface area contributed by atoms with Gasteiger partial charge in [-0.3, -0.25) is 9.69 Å². The zero-order chi connectivity index (χ0) is 27.2. The lowest BCUT2D eigenvalue weighted by atomic mass is 9.98. The van der Waals surface area contributed by atoms with E-state index in [0.29, 0.717) is 38.6 Å². The predicted molar refractivity (Wildman–Crippen MR) is 144 cm³/mol. The molecule has 0 saturated carbocycles. The highest BCUT2D eigenvalue weighted by atomic mass is 35.5. The summed E-state index contributed by atoms with van der Waals surface area (Å²) in [6.07, 6.45) is 0.817. The Hall–Kier alpha value is -2.66. The lowest BCUT2D eigenvalue weighted by Gasteiger charge is -2.36. The number of carbonyl (C=O) groups excluding carboxylic acids is 1. The zero-order valence-electron chi connectivity index (χ0n) is 22.3. The van der Waals surface area contributed by atoms with E-state index in [-0.39, 0.29) is 63.5 Å². The molecule has 2 atom stereocenters. The number of pyridine rings is 1. The minimum atomic E-state index is -0.662. The summed E-state index contributed by atoms with van der Waals surface area (Å²) in [6.45, 7) is 8.22. The van der Waals surface area contributed by atoms with Gasteiger partial charge < -0.3 is 29.7 Å². The molecule has 9 nitrogen and oxygen atoms in total. The molecule has 2 N–H and O–H groups in total. The van der Waals surface area contributed by atoms with Gasteiger partial charge in [-0.1, -0.05) is 17.7 Å². The van der Waals surface area contributed by atoms with E-state index in [4.69, 9.17) is 26.1 Å². The van der Waals surface area contributed by atoms with Gasteiger partial charge >= 0.3 is 0 Å². The van der Waals surface area contributed by atoms with E-state index in [1.807, 2.05) is 4.90 Å². The average Bonchev–Trinajstić information content (AvgIpc) is 3.13. The maximum Gasteiger partial charge on any atom is 0.261 e. The molecule has 0 bridgehead atoms. The molecule has 2 aromatic rings. The molecule has 38 heavy (non-hydrogen) atoms. The summed E-state index contributed by atoms with van der Waals surface area (Å²) in [5, 5.41) is 13.9. The van der Waals surface area contributed by atoms with E-state index in [0.717, 1.165) is 13.0 Å². The molecule has 2 fully saturated rings. The Balaban J connectivity index is 1.69. The van der Waals surface area contributed by atoms with Gasteiger partial charge in [-0.15, -0.1) is 0 Å². The van der Waals surface area contributed by atoms with Crippen LogP contribution in [-0.4, -0.2) is 104 Å². The number of anilines is 1. The molecule has 0 aliphatic carbocycles. The van der Waals surface area contributed by atoms with Crippen LogP contribution in [0.25, 0.3) is 11.3 Å². The predicted octanol–water partition coefficient (Wildman–Crippen LogP) is 2.99. The second-order valence-electron chi connectivity index (χ2n) is 10.9. The van der Waals surface area contributed by atoms with Gasteiger partial charge in [-0.2, -0.15) is 0 Å². The first-order valence-electron chi connectivity index (χ1n) is 13.0. The number of hydrogen-bond acceptors (Lipinski definition) is 8.